The molecule has 66 valence electrons. The van der Waals surface area contributed by atoms with Gasteiger partial charge in [-0.05, 0) is 25.3 Å². The topological polar surface area (TPSA) is 26.3 Å². The number of rotatable bonds is 3. The van der Waals surface area contributed by atoms with Gasteiger partial charge in [-0.3, -0.25) is 4.79 Å². The van der Waals surface area contributed by atoms with Crippen LogP contribution in [0.15, 0.2) is 11.4 Å². The zero-order chi connectivity index (χ0) is 9.14. The van der Waals surface area contributed by atoms with Crippen LogP contribution in [0.1, 0.15) is 22.2 Å². The van der Waals surface area contributed by atoms with Crippen LogP contribution in [-0.4, -0.2) is 19.0 Å². The minimum atomic E-state index is -0.335. The number of Topliss-reactive ketones (excluding diaryl/α,β-unsaturated/α-hetero) is 1. The van der Waals surface area contributed by atoms with Crippen molar-refractivity contribution in [3.63, 3.8) is 0 Å². The van der Waals surface area contributed by atoms with Crippen LogP contribution in [0.25, 0.3) is 0 Å². The predicted molar refractivity (Wildman–Crippen MR) is 49.9 cm³/mol. The lowest BCUT2D eigenvalue weighted by atomic mass is 10.1. The number of ketones is 1. The Morgan fingerprint density at radius 1 is 1.67 bits per heavy atom. The summed E-state index contributed by atoms with van der Waals surface area (Å²) in [6.45, 7) is 3.71. The average Bonchev–Trinajstić information content (AvgIpc) is 2.48. The highest BCUT2D eigenvalue weighted by atomic mass is 32.1. The summed E-state index contributed by atoms with van der Waals surface area (Å²) in [5.41, 5.74) is 0.786. The molecule has 0 amide bonds. The quantitative estimate of drug-likeness (QED) is 0.674. The lowest BCUT2D eigenvalue weighted by Gasteiger charge is -2.06. The standard InChI is InChI=1S/C9H12O2S/c1-6(11-3)9(10)8-4-5-12-7(8)2/h4-6H,1-3H3. The molecule has 0 aliphatic carbocycles. The van der Waals surface area contributed by atoms with Crippen LogP contribution in [0.4, 0.5) is 0 Å². The van der Waals surface area contributed by atoms with E-state index >= 15 is 0 Å². The summed E-state index contributed by atoms with van der Waals surface area (Å²) in [5, 5.41) is 1.92. The molecule has 0 bridgehead atoms. The summed E-state index contributed by atoms with van der Waals surface area (Å²) < 4.78 is 4.95. The van der Waals surface area contributed by atoms with Crippen LogP contribution in [0.3, 0.4) is 0 Å². The van der Waals surface area contributed by atoms with Crippen molar-refractivity contribution in [1.29, 1.82) is 0 Å². The summed E-state index contributed by atoms with van der Waals surface area (Å²) >= 11 is 1.58. The molecule has 1 aromatic heterocycles. The van der Waals surface area contributed by atoms with E-state index in [1.807, 2.05) is 18.4 Å². The second-order valence-electron chi connectivity index (χ2n) is 2.63. The number of hydrogen-bond acceptors (Lipinski definition) is 3. The number of aryl methyl sites for hydroxylation is 1. The molecule has 1 unspecified atom stereocenters. The number of carbonyl (C=O) groups excluding carboxylic acids is 1. The average molecular weight is 184 g/mol. The van der Waals surface area contributed by atoms with E-state index in [1.54, 1.807) is 25.4 Å². The number of ether oxygens (including phenoxy) is 1. The summed E-state index contributed by atoms with van der Waals surface area (Å²) in [6, 6.07) is 1.85. The van der Waals surface area contributed by atoms with E-state index in [2.05, 4.69) is 0 Å². The maximum absolute atomic E-state index is 11.5. The lowest BCUT2D eigenvalue weighted by Crippen LogP contribution is -2.19. The second kappa shape index (κ2) is 3.83. The molecule has 1 atom stereocenters. The molecule has 0 saturated heterocycles. The highest BCUT2D eigenvalue weighted by Crippen LogP contribution is 2.17. The van der Waals surface area contributed by atoms with Crippen LogP contribution in [0.2, 0.25) is 0 Å². The fourth-order valence-corrected chi connectivity index (χ4v) is 1.67. The van der Waals surface area contributed by atoms with E-state index in [-0.39, 0.29) is 11.9 Å². The molecule has 0 aromatic carbocycles. The molecular weight excluding hydrogens is 172 g/mol. The smallest absolute Gasteiger partial charge is 0.192 e. The third-order valence-electron chi connectivity index (χ3n) is 1.85. The van der Waals surface area contributed by atoms with Crippen LogP contribution in [0.5, 0.6) is 0 Å². The van der Waals surface area contributed by atoms with Crippen molar-refractivity contribution in [3.05, 3.63) is 21.9 Å². The first-order chi connectivity index (χ1) is 5.66. The summed E-state index contributed by atoms with van der Waals surface area (Å²) in [6.07, 6.45) is -0.335. The van der Waals surface area contributed by atoms with Gasteiger partial charge in [0.25, 0.3) is 0 Å². The molecule has 1 heterocycles. The zero-order valence-corrected chi connectivity index (χ0v) is 8.27. The fourth-order valence-electron chi connectivity index (χ4n) is 0.967. The predicted octanol–water partition coefficient (Wildman–Crippen LogP) is 2.27. The second-order valence-corrected chi connectivity index (χ2v) is 3.75. The molecule has 0 saturated carbocycles. The monoisotopic (exact) mass is 184 g/mol. The van der Waals surface area contributed by atoms with Crippen LogP contribution < -0.4 is 0 Å². The van der Waals surface area contributed by atoms with E-state index in [0.29, 0.717) is 0 Å². The van der Waals surface area contributed by atoms with E-state index < -0.39 is 0 Å². The molecule has 0 spiro atoms. The summed E-state index contributed by atoms with van der Waals surface area (Å²) in [7, 11) is 1.55. The lowest BCUT2D eigenvalue weighted by molar-refractivity contribution is 0.0655. The third-order valence-corrected chi connectivity index (χ3v) is 2.69. The Labute approximate surface area is 76.2 Å². The van der Waals surface area contributed by atoms with E-state index in [4.69, 9.17) is 4.74 Å². The van der Waals surface area contributed by atoms with Crippen LogP contribution >= 0.6 is 11.3 Å². The molecule has 0 fully saturated rings. The van der Waals surface area contributed by atoms with Crippen molar-refractivity contribution >= 4 is 17.1 Å². The fraction of sp³-hybridized carbons (Fsp3) is 0.444. The molecule has 0 radical (unpaired) electrons. The van der Waals surface area contributed by atoms with Gasteiger partial charge in [-0.25, -0.2) is 0 Å². The minimum absolute atomic E-state index is 0.0660. The first kappa shape index (κ1) is 9.42. The Morgan fingerprint density at radius 2 is 2.33 bits per heavy atom. The van der Waals surface area contributed by atoms with Gasteiger partial charge in [0, 0.05) is 17.6 Å². The highest BCUT2D eigenvalue weighted by molar-refractivity contribution is 7.10. The van der Waals surface area contributed by atoms with Crippen molar-refractivity contribution in [3.8, 4) is 0 Å². The van der Waals surface area contributed by atoms with Gasteiger partial charge >= 0.3 is 0 Å². The van der Waals surface area contributed by atoms with E-state index in [0.717, 1.165) is 10.4 Å². The molecule has 0 aliphatic heterocycles. The normalized spacial score (nSPS) is 12.9. The van der Waals surface area contributed by atoms with Gasteiger partial charge in [-0.2, -0.15) is 0 Å². The maximum atomic E-state index is 11.5. The number of carbonyl (C=O) groups is 1. The molecule has 0 aliphatic rings. The molecule has 2 nitrogen and oxygen atoms in total. The van der Waals surface area contributed by atoms with Crippen molar-refractivity contribution in [2.75, 3.05) is 7.11 Å². The van der Waals surface area contributed by atoms with Crippen LogP contribution in [0, 0.1) is 6.92 Å². The molecule has 3 heteroatoms. The van der Waals surface area contributed by atoms with Gasteiger partial charge in [0.1, 0.15) is 6.10 Å². The SMILES string of the molecule is COC(C)C(=O)c1ccsc1C. The molecule has 12 heavy (non-hydrogen) atoms. The zero-order valence-electron chi connectivity index (χ0n) is 7.46. The minimum Gasteiger partial charge on any atom is -0.374 e. The Balaban J connectivity index is 2.85. The first-order valence-corrected chi connectivity index (χ1v) is 4.66. The Bertz CT molecular complexity index is 278. The number of hydrogen-bond donors (Lipinski definition) is 0. The maximum Gasteiger partial charge on any atom is 0.192 e. The van der Waals surface area contributed by atoms with Gasteiger partial charge in [0.2, 0.25) is 0 Å². The van der Waals surface area contributed by atoms with Crippen LogP contribution in [-0.2, 0) is 4.74 Å². The highest BCUT2D eigenvalue weighted by Gasteiger charge is 2.16. The Morgan fingerprint density at radius 3 is 2.75 bits per heavy atom. The molecule has 1 rings (SSSR count). The largest absolute Gasteiger partial charge is 0.374 e. The van der Waals surface area contributed by atoms with E-state index in [9.17, 15) is 4.79 Å². The number of methoxy groups -OCH3 is 1. The Kier molecular flexibility index (Phi) is 3.00. The van der Waals surface area contributed by atoms with Crippen molar-refractivity contribution in [2.24, 2.45) is 0 Å². The van der Waals surface area contributed by atoms with Crippen molar-refractivity contribution in [1.82, 2.24) is 0 Å². The van der Waals surface area contributed by atoms with Gasteiger partial charge in [0.05, 0.1) is 0 Å². The molecule has 1 aromatic rings. The summed E-state index contributed by atoms with van der Waals surface area (Å²) in [4.78, 5) is 12.6. The van der Waals surface area contributed by atoms with Crippen molar-refractivity contribution in [2.45, 2.75) is 20.0 Å². The Hall–Kier alpha value is -0.670. The third kappa shape index (κ3) is 1.73. The van der Waals surface area contributed by atoms with Gasteiger partial charge in [0.15, 0.2) is 5.78 Å². The first-order valence-electron chi connectivity index (χ1n) is 3.78. The van der Waals surface area contributed by atoms with Crippen molar-refractivity contribution < 1.29 is 9.53 Å². The molecule has 0 N–H and O–H groups in total. The van der Waals surface area contributed by atoms with Gasteiger partial charge in [-0.15, -0.1) is 11.3 Å². The summed E-state index contributed by atoms with van der Waals surface area (Å²) in [5.74, 6) is 0.0660. The number of thiophene rings is 1. The van der Waals surface area contributed by atoms with Gasteiger partial charge in [-0.1, -0.05) is 0 Å². The van der Waals surface area contributed by atoms with Gasteiger partial charge < -0.3 is 4.74 Å². The molecular formula is C9H12O2S. The van der Waals surface area contributed by atoms with E-state index in [1.165, 1.54) is 0 Å².